The first-order valence-corrected chi connectivity index (χ1v) is 7.01. The van der Waals surface area contributed by atoms with E-state index in [0.29, 0.717) is 19.4 Å². The summed E-state index contributed by atoms with van der Waals surface area (Å²) in [5, 5.41) is 9.97. The van der Waals surface area contributed by atoms with Crippen LogP contribution in [0.15, 0.2) is 24.3 Å². The van der Waals surface area contributed by atoms with Gasteiger partial charge in [0, 0.05) is 24.2 Å². The molecule has 0 spiro atoms. The van der Waals surface area contributed by atoms with Gasteiger partial charge in [-0.2, -0.15) is 5.10 Å². The summed E-state index contributed by atoms with van der Waals surface area (Å²) in [5.41, 5.74) is 4.03. The second-order valence-corrected chi connectivity index (χ2v) is 5.00. The first kappa shape index (κ1) is 15.1. The lowest BCUT2D eigenvalue weighted by Gasteiger charge is -2.08. The Kier molecular flexibility index (Phi) is 4.98. The van der Waals surface area contributed by atoms with Crippen LogP contribution in [0.5, 0.6) is 5.75 Å². The van der Waals surface area contributed by atoms with Gasteiger partial charge in [0.2, 0.25) is 5.91 Å². The summed E-state index contributed by atoms with van der Waals surface area (Å²) in [4.78, 5) is 12.0. The molecule has 5 heteroatoms. The predicted octanol–water partition coefficient (Wildman–Crippen LogP) is 2.28. The van der Waals surface area contributed by atoms with Gasteiger partial charge in [0.15, 0.2) is 0 Å². The summed E-state index contributed by atoms with van der Waals surface area (Å²) in [6.45, 7) is 4.40. The van der Waals surface area contributed by atoms with E-state index in [0.717, 1.165) is 28.3 Å². The molecule has 1 heterocycles. The van der Waals surface area contributed by atoms with Crippen molar-refractivity contribution in [1.82, 2.24) is 15.5 Å². The molecule has 0 radical (unpaired) electrons. The Bertz CT molecular complexity index is 600. The average molecular weight is 287 g/mol. The van der Waals surface area contributed by atoms with Gasteiger partial charge in [0.1, 0.15) is 5.75 Å². The van der Waals surface area contributed by atoms with Crippen LogP contribution < -0.4 is 10.1 Å². The summed E-state index contributed by atoms with van der Waals surface area (Å²) in [5.74, 6) is 0.854. The number of rotatable bonds is 6. The van der Waals surface area contributed by atoms with Crippen LogP contribution >= 0.6 is 0 Å². The molecule has 2 rings (SSSR count). The topological polar surface area (TPSA) is 67.0 Å². The van der Waals surface area contributed by atoms with Crippen molar-refractivity contribution in [3.8, 4) is 5.75 Å². The second kappa shape index (κ2) is 6.92. The molecule has 0 aliphatic rings. The van der Waals surface area contributed by atoms with E-state index < -0.39 is 0 Å². The third-order valence-corrected chi connectivity index (χ3v) is 3.56. The number of aromatic nitrogens is 2. The van der Waals surface area contributed by atoms with E-state index in [1.165, 1.54) is 0 Å². The SMILES string of the molecule is COc1ccccc1CCC(=O)NCc1c(C)n[nH]c1C. The van der Waals surface area contributed by atoms with Crippen LogP contribution in [0.1, 0.15) is 28.9 Å². The van der Waals surface area contributed by atoms with E-state index in [1.54, 1.807) is 7.11 Å². The molecule has 2 N–H and O–H groups in total. The minimum absolute atomic E-state index is 0.0286. The Balaban J connectivity index is 1.85. The number of hydrogen-bond donors (Lipinski definition) is 2. The molecule has 0 aliphatic carbocycles. The maximum Gasteiger partial charge on any atom is 0.220 e. The van der Waals surface area contributed by atoms with Gasteiger partial charge >= 0.3 is 0 Å². The van der Waals surface area contributed by atoms with Gasteiger partial charge in [-0.05, 0) is 31.9 Å². The van der Waals surface area contributed by atoms with Gasteiger partial charge in [-0.3, -0.25) is 9.89 Å². The number of ether oxygens (including phenoxy) is 1. The maximum atomic E-state index is 12.0. The van der Waals surface area contributed by atoms with Crippen molar-refractivity contribution in [1.29, 1.82) is 0 Å². The van der Waals surface area contributed by atoms with E-state index >= 15 is 0 Å². The van der Waals surface area contributed by atoms with Crippen LogP contribution in [-0.4, -0.2) is 23.2 Å². The first-order chi connectivity index (χ1) is 10.1. The highest BCUT2D eigenvalue weighted by atomic mass is 16.5. The Morgan fingerprint density at radius 3 is 2.76 bits per heavy atom. The van der Waals surface area contributed by atoms with Crippen molar-refractivity contribution in [2.75, 3.05) is 7.11 Å². The van der Waals surface area contributed by atoms with Gasteiger partial charge in [-0.25, -0.2) is 0 Å². The van der Waals surface area contributed by atoms with Crippen molar-refractivity contribution in [3.05, 3.63) is 46.8 Å². The monoisotopic (exact) mass is 287 g/mol. The number of para-hydroxylation sites is 1. The first-order valence-electron chi connectivity index (χ1n) is 7.01. The molecule has 0 bridgehead atoms. The second-order valence-electron chi connectivity index (χ2n) is 5.00. The predicted molar refractivity (Wildman–Crippen MR) is 81.2 cm³/mol. The summed E-state index contributed by atoms with van der Waals surface area (Å²) >= 11 is 0. The van der Waals surface area contributed by atoms with Gasteiger partial charge in [-0.1, -0.05) is 18.2 Å². The van der Waals surface area contributed by atoms with Crippen LogP contribution in [0.3, 0.4) is 0 Å². The quantitative estimate of drug-likeness (QED) is 0.856. The molecule has 0 unspecified atom stereocenters. The Morgan fingerprint density at radius 1 is 1.33 bits per heavy atom. The zero-order valence-corrected chi connectivity index (χ0v) is 12.7. The number of hydrogen-bond acceptors (Lipinski definition) is 3. The molecule has 0 saturated carbocycles. The van der Waals surface area contributed by atoms with Crippen LogP contribution in [0, 0.1) is 13.8 Å². The average Bonchev–Trinajstić information content (AvgIpc) is 2.82. The number of amides is 1. The van der Waals surface area contributed by atoms with E-state index in [9.17, 15) is 4.79 Å². The molecule has 1 aromatic heterocycles. The minimum Gasteiger partial charge on any atom is -0.496 e. The Labute approximate surface area is 124 Å². The van der Waals surface area contributed by atoms with Crippen molar-refractivity contribution in [2.45, 2.75) is 33.2 Å². The highest BCUT2D eigenvalue weighted by Gasteiger charge is 2.09. The van der Waals surface area contributed by atoms with Gasteiger partial charge < -0.3 is 10.1 Å². The molecule has 21 heavy (non-hydrogen) atoms. The lowest BCUT2D eigenvalue weighted by atomic mass is 10.1. The summed E-state index contributed by atoms with van der Waals surface area (Å²) in [6.07, 6.45) is 1.11. The van der Waals surface area contributed by atoms with Crippen LogP contribution in [0.2, 0.25) is 0 Å². The Morgan fingerprint density at radius 2 is 2.10 bits per heavy atom. The van der Waals surface area contributed by atoms with Crippen LogP contribution in [0.25, 0.3) is 0 Å². The molecule has 0 aliphatic heterocycles. The number of benzene rings is 1. The molecule has 0 atom stereocenters. The fraction of sp³-hybridized carbons (Fsp3) is 0.375. The molecule has 5 nitrogen and oxygen atoms in total. The number of aryl methyl sites for hydroxylation is 3. The lowest BCUT2D eigenvalue weighted by molar-refractivity contribution is -0.121. The standard InChI is InChI=1S/C16H21N3O2/c1-11-14(12(2)19-18-11)10-17-16(20)9-8-13-6-4-5-7-15(13)21-3/h4-7H,8-10H2,1-3H3,(H,17,20)(H,18,19). The highest BCUT2D eigenvalue weighted by molar-refractivity contribution is 5.76. The smallest absolute Gasteiger partial charge is 0.220 e. The number of H-pyrrole nitrogens is 1. The molecular weight excluding hydrogens is 266 g/mol. The summed E-state index contributed by atoms with van der Waals surface area (Å²) in [6, 6.07) is 7.77. The van der Waals surface area contributed by atoms with E-state index in [1.807, 2.05) is 38.1 Å². The van der Waals surface area contributed by atoms with Crippen molar-refractivity contribution >= 4 is 5.91 Å². The number of nitrogens with zero attached hydrogens (tertiary/aromatic N) is 1. The molecular formula is C16H21N3O2. The van der Waals surface area contributed by atoms with Gasteiger partial charge in [0.25, 0.3) is 0 Å². The number of aromatic amines is 1. The fourth-order valence-corrected chi connectivity index (χ4v) is 2.27. The Hall–Kier alpha value is -2.30. The number of carbonyl (C=O) groups excluding carboxylic acids is 1. The number of carbonyl (C=O) groups is 1. The largest absolute Gasteiger partial charge is 0.496 e. The molecule has 0 saturated heterocycles. The van der Waals surface area contributed by atoms with E-state index in [-0.39, 0.29) is 5.91 Å². The normalized spacial score (nSPS) is 10.4. The fourth-order valence-electron chi connectivity index (χ4n) is 2.27. The van der Waals surface area contributed by atoms with E-state index in [4.69, 9.17) is 4.74 Å². The lowest BCUT2D eigenvalue weighted by Crippen LogP contribution is -2.23. The number of nitrogens with one attached hydrogen (secondary N) is 2. The molecule has 1 amide bonds. The summed E-state index contributed by atoms with van der Waals surface area (Å²) < 4.78 is 5.28. The summed E-state index contributed by atoms with van der Waals surface area (Å²) in [7, 11) is 1.64. The maximum absolute atomic E-state index is 12.0. The third kappa shape index (κ3) is 3.84. The van der Waals surface area contributed by atoms with Crippen molar-refractivity contribution in [2.24, 2.45) is 0 Å². The molecule has 112 valence electrons. The highest BCUT2D eigenvalue weighted by Crippen LogP contribution is 2.18. The zero-order chi connectivity index (χ0) is 15.2. The van der Waals surface area contributed by atoms with Crippen LogP contribution in [-0.2, 0) is 17.8 Å². The van der Waals surface area contributed by atoms with Crippen LogP contribution in [0.4, 0.5) is 0 Å². The minimum atomic E-state index is 0.0286. The molecule has 2 aromatic rings. The van der Waals surface area contributed by atoms with Gasteiger partial charge in [-0.15, -0.1) is 0 Å². The zero-order valence-electron chi connectivity index (χ0n) is 12.7. The van der Waals surface area contributed by atoms with Crippen molar-refractivity contribution in [3.63, 3.8) is 0 Å². The van der Waals surface area contributed by atoms with Crippen molar-refractivity contribution < 1.29 is 9.53 Å². The molecule has 0 fully saturated rings. The third-order valence-electron chi connectivity index (χ3n) is 3.56. The van der Waals surface area contributed by atoms with E-state index in [2.05, 4.69) is 15.5 Å². The number of methoxy groups -OCH3 is 1. The van der Waals surface area contributed by atoms with Gasteiger partial charge in [0.05, 0.1) is 12.8 Å². The molecule has 1 aromatic carbocycles.